The highest BCUT2D eigenvalue weighted by atomic mass is 32.1. The lowest BCUT2D eigenvalue weighted by Crippen LogP contribution is -1.86. The van der Waals surface area contributed by atoms with E-state index in [4.69, 9.17) is 9.97 Å². The summed E-state index contributed by atoms with van der Waals surface area (Å²) in [7, 11) is 0. The summed E-state index contributed by atoms with van der Waals surface area (Å²) in [5.74, 6) is 0. The molecule has 5 heteroatoms. The molecule has 6 rings (SSSR count). The van der Waals surface area contributed by atoms with Crippen molar-refractivity contribution in [3.05, 3.63) is 69.9 Å². The maximum absolute atomic E-state index is 4.99. The zero-order valence-corrected chi connectivity index (χ0v) is 18.7. The lowest BCUT2D eigenvalue weighted by molar-refractivity contribution is 1.25. The van der Waals surface area contributed by atoms with E-state index in [0.29, 0.717) is 0 Å². The van der Waals surface area contributed by atoms with Crippen LogP contribution >= 0.6 is 11.3 Å². The van der Waals surface area contributed by atoms with E-state index in [0.717, 1.165) is 44.8 Å². The Bertz CT molecular complexity index is 1580. The summed E-state index contributed by atoms with van der Waals surface area (Å²) >= 11 is 1.74. The maximum atomic E-state index is 4.99. The Morgan fingerprint density at radius 3 is 2.42 bits per heavy atom. The van der Waals surface area contributed by atoms with E-state index < -0.39 is 0 Å². The van der Waals surface area contributed by atoms with Gasteiger partial charge in [0.1, 0.15) is 0 Å². The zero-order valence-electron chi connectivity index (χ0n) is 17.9. The third kappa shape index (κ3) is 2.81. The van der Waals surface area contributed by atoms with Crippen LogP contribution in [0, 0.1) is 20.8 Å². The molecule has 152 valence electrons. The normalized spacial score (nSPS) is 12.7. The second-order valence-corrected chi connectivity index (χ2v) is 9.27. The SMILES string of the molecule is CC1=Cc2cc3ccc(cc4nc(cc5[nH]c(c(C)c1n2)c(C)c5C)-c1ccsc1-4)[nH]3. The molecular formula is C26H22N4S. The first-order valence-electron chi connectivity index (χ1n) is 10.4. The molecule has 0 saturated heterocycles. The quantitative estimate of drug-likeness (QED) is 0.277. The molecule has 2 aliphatic rings. The maximum Gasteiger partial charge on any atom is 0.0836 e. The van der Waals surface area contributed by atoms with Crippen molar-refractivity contribution in [1.82, 2.24) is 19.9 Å². The van der Waals surface area contributed by atoms with Crippen LogP contribution in [0.2, 0.25) is 0 Å². The number of aromatic nitrogens is 4. The van der Waals surface area contributed by atoms with Crippen molar-refractivity contribution in [3.63, 3.8) is 0 Å². The number of fused-ring (bicyclic) bond motifs is 11. The van der Waals surface area contributed by atoms with E-state index in [1.165, 1.54) is 32.7 Å². The van der Waals surface area contributed by atoms with Gasteiger partial charge in [0.15, 0.2) is 0 Å². The molecule has 0 saturated carbocycles. The van der Waals surface area contributed by atoms with Gasteiger partial charge >= 0.3 is 0 Å². The van der Waals surface area contributed by atoms with Crippen molar-refractivity contribution >= 4 is 45.1 Å². The zero-order chi connectivity index (χ0) is 21.3. The highest BCUT2D eigenvalue weighted by Crippen LogP contribution is 2.40. The standard InChI is InChI=1S/C26H22N4S/c1-13-9-19-10-17-5-6-18(27-17)11-23-26-20(7-8-31-26)22(29-23)12-21-14(2)15(3)25(30-21)16(4)24(13)28-19/h5-12,27,30H,1-4H3. The van der Waals surface area contributed by atoms with Gasteiger partial charge in [0.25, 0.3) is 0 Å². The van der Waals surface area contributed by atoms with E-state index in [1.54, 1.807) is 11.3 Å². The molecule has 0 fully saturated rings. The van der Waals surface area contributed by atoms with Gasteiger partial charge in [-0.2, -0.15) is 0 Å². The molecule has 4 aromatic heterocycles. The van der Waals surface area contributed by atoms with Gasteiger partial charge in [0.05, 0.1) is 27.7 Å². The molecule has 4 aromatic rings. The van der Waals surface area contributed by atoms with Gasteiger partial charge in [0.2, 0.25) is 0 Å². The number of allylic oxidation sites excluding steroid dienone is 1. The van der Waals surface area contributed by atoms with E-state index in [-0.39, 0.29) is 0 Å². The number of aromatic amines is 2. The number of H-pyrrole nitrogens is 2. The van der Waals surface area contributed by atoms with Crippen LogP contribution in [0.3, 0.4) is 0 Å². The van der Waals surface area contributed by atoms with E-state index in [2.05, 4.69) is 85.5 Å². The summed E-state index contributed by atoms with van der Waals surface area (Å²) in [6.07, 6.45) is 2.15. The van der Waals surface area contributed by atoms with Crippen molar-refractivity contribution in [2.75, 3.05) is 0 Å². The van der Waals surface area contributed by atoms with Gasteiger partial charge in [-0.1, -0.05) is 0 Å². The Hall–Kier alpha value is -3.44. The van der Waals surface area contributed by atoms with Crippen LogP contribution < -0.4 is 0 Å². The molecule has 2 N–H and O–H groups in total. The van der Waals surface area contributed by atoms with Crippen LogP contribution in [-0.4, -0.2) is 19.9 Å². The minimum Gasteiger partial charge on any atom is -0.355 e. The summed E-state index contributed by atoms with van der Waals surface area (Å²) in [5.41, 5.74) is 14.4. The fraction of sp³-hybridized carbons (Fsp3) is 0.154. The van der Waals surface area contributed by atoms with Crippen molar-refractivity contribution < 1.29 is 0 Å². The van der Waals surface area contributed by atoms with Crippen LogP contribution in [0.15, 0.2) is 41.8 Å². The fourth-order valence-corrected chi connectivity index (χ4v) is 5.41. The Labute approximate surface area is 184 Å². The second-order valence-electron chi connectivity index (χ2n) is 8.35. The highest BCUT2D eigenvalue weighted by molar-refractivity contribution is 7.14. The molecule has 31 heavy (non-hydrogen) atoms. The number of hydrogen-bond acceptors (Lipinski definition) is 3. The third-order valence-electron chi connectivity index (χ3n) is 6.33. The van der Waals surface area contributed by atoms with Crippen LogP contribution in [-0.2, 0) is 0 Å². The predicted octanol–water partition coefficient (Wildman–Crippen LogP) is 7.20. The minimum atomic E-state index is 0.967. The summed E-state index contributed by atoms with van der Waals surface area (Å²) in [5, 5.41) is 2.14. The Kier molecular flexibility index (Phi) is 3.86. The Morgan fingerprint density at radius 2 is 1.58 bits per heavy atom. The van der Waals surface area contributed by atoms with E-state index in [9.17, 15) is 0 Å². The van der Waals surface area contributed by atoms with Crippen LogP contribution in [0.25, 0.3) is 55.5 Å². The van der Waals surface area contributed by atoms with Crippen molar-refractivity contribution in [2.45, 2.75) is 27.7 Å². The number of nitrogens with one attached hydrogen (secondary N) is 2. The number of nitrogens with zero attached hydrogens (tertiary/aromatic N) is 2. The van der Waals surface area contributed by atoms with Crippen molar-refractivity contribution in [2.24, 2.45) is 0 Å². The fourth-order valence-electron chi connectivity index (χ4n) is 4.54. The third-order valence-corrected chi connectivity index (χ3v) is 7.27. The van der Waals surface area contributed by atoms with Gasteiger partial charge in [-0.25, -0.2) is 9.97 Å². The molecule has 0 radical (unpaired) electrons. The van der Waals surface area contributed by atoms with Gasteiger partial charge in [-0.3, -0.25) is 0 Å². The average Bonchev–Trinajstić information content (AvgIpc) is 3.53. The smallest absolute Gasteiger partial charge is 0.0836 e. The number of aryl methyl sites for hydroxylation is 3. The molecule has 0 atom stereocenters. The number of hydrogen-bond donors (Lipinski definition) is 2. The molecule has 4 nitrogen and oxygen atoms in total. The Morgan fingerprint density at radius 1 is 0.774 bits per heavy atom. The summed E-state index contributed by atoms with van der Waals surface area (Å²) in [6.45, 7) is 8.64. The Balaban J connectivity index is 1.80. The molecule has 0 amide bonds. The lowest BCUT2D eigenvalue weighted by Gasteiger charge is -1.99. The summed E-state index contributed by atoms with van der Waals surface area (Å²) in [6, 6.07) is 12.8. The predicted molar refractivity (Wildman–Crippen MR) is 131 cm³/mol. The van der Waals surface area contributed by atoms with E-state index in [1.807, 2.05) is 0 Å². The summed E-state index contributed by atoms with van der Waals surface area (Å²) in [4.78, 5) is 18.3. The topological polar surface area (TPSA) is 57.4 Å². The first kappa shape index (κ1) is 18.3. The lowest BCUT2D eigenvalue weighted by atomic mass is 10.1. The highest BCUT2D eigenvalue weighted by Gasteiger charge is 2.18. The van der Waals surface area contributed by atoms with Crippen molar-refractivity contribution in [3.8, 4) is 21.8 Å². The van der Waals surface area contributed by atoms with Crippen LogP contribution in [0.1, 0.15) is 35.0 Å². The summed E-state index contributed by atoms with van der Waals surface area (Å²) < 4.78 is 0. The van der Waals surface area contributed by atoms with Gasteiger partial charge in [-0.05, 0) is 97.8 Å². The van der Waals surface area contributed by atoms with Crippen LogP contribution in [0.5, 0.6) is 0 Å². The number of rotatable bonds is 0. The first-order valence-corrected chi connectivity index (χ1v) is 11.3. The van der Waals surface area contributed by atoms with Gasteiger partial charge in [-0.15, -0.1) is 11.3 Å². The van der Waals surface area contributed by atoms with Gasteiger partial charge in [0, 0.05) is 27.6 Å². The molecule has 0 spiro atoms. The molecule has 0 unspecified atom stereocenters. The molecule has 0 aromatic carbocycles. The molecule has 2 aliphatic heterocycles. The molecule has 8 bridgehead atoms. The monoisotopic (exact) mass is 422 g/mol. The molecular weight excluding hydrogens is 400 g/mol. The molecule has 0 aliphatic carbocycles. The molecule has 6 heterocycles. The first-order chi connectivity index (χ1) is 15.0. The number of thiophene rings is 1. The van der Waals surface area contributed by atoms with Crippen molar-refractivity contribution in [1.29, 1.82) is 0 Å². The largest absolute Gasteiger partial charge is 0.355 e. The second kappa shape index (κ2) is 6.53. The minimum absolute atomic E-state index is 0.967. The van der Waals surface area contributed by atoms with Crippen LogP contribution in [0.4, 0.5) is 0 Å². The average molecular weight is 423 g/mol. The van der Waals surface area contributed by atoms with Gasteiger partial charge < -0.3 is 9.97 Å². The van der Waals surface area contributed by atoms with E-state index >= 15 is 0 Å².